The minimum Gasteiger partial charge on any atom is -0.479 e. The van der Waals surface area contributed by atoms with Gasteiger partial charge in [0.15, 0.2) is 6.10 Å². The Kier molecular flexibility index (Phi) is 7.48. The Morgan fingerprint density at radius 3 is 2.20 bits per heavy atom. The number of hydrogen-bond acceptors (Lipinski definition) is 7. The van der Waals surface area contributed by atoms with Gasteiger partial charge in [0.05, 0.1) is 6.10 Å². The molecule has 7 unspecified atom stereocenters. The lowest BCUT2D eigenvalue weighted by molar-refractivity contribution is -0.267. The van der Waals surface area contributed by atoms with Crippen LogP contribution in [0.25, 0.3) is 0 Å². The summed E-state index contributed by atoms with van der Waals surface area (Å²) in [7, 11) is 0. The van der Waals surface area contributed by atoms with Crippen molar-refractivity contribution < 1.29 is 39.9 Å². The van der Waals surface area contributed by atoms with Crippen LogP contribution in [0.2, 0.25) is 0 Å². The second kappa shape index (κ2) is 10.1. The molecule has 5 fully saturated rings. The zero-order chi connectivity index (χ0) is 32.4. The Morgan fingerprint density at radius 2 is 1.55 bits per heavy atom. The van der Waals surface area contributed by atoms with Crippen LogP contribution in [0.1, 0.15) is 113 Å². The molecule has 4 saturated carbocycles. The summed E-state index contributed by atoms with van der Waals surface area (Å²) in [6.07, 6.45) is 1.73. The number of carbonyl (C=O) groups is 2. The molecule has 5 N–H and O–H groups in total. The fourth-order valence-electron chi connectivity index (χ4n) is 12.3. The molecule has 248 valence electrons. The number of hydrogen-bond donors (Lipinski definition) is 5. The third-order valence-electron chi connectivity index (χ3n) is 15.2. The number of carbonyl (C=O) groups excluding carboxylic acids is 1. The van der Waals surface area contributed by atoms with Gasteiger partial charge in [0.25, 0.3) is 0 Å². The van der Waals surface area contributed by atoms with E-state index in [9.17, 15) is 35.1 Å². The molecule has 0 amide bonds. The molecule has 5 aliphatic carbocycles. The average Bonchev–Trinajstić information content (AvgIpc) is 2.93. The van der Waals surface area contributed by atoms with E-state index in [4.69, 9.17) is 4.74 Å². The van der Waals surface area contributed by atoms with Gasteiger partial charge in [-0.2, -0.15) is 0 Å². The molecule has 6 rings (SSSR count). The number of aliphatic hydroxyl groups excluding tert-OH is 4. The van der Waals surface area contributed by atoms with Gasteiger partial charge in [0.2, 0.25) is 0 Å². The Bertz CT molecular complexity index is 1240. The van der Waals surface area contributed by atoms with Crippen molar-refractivity contribution in [3.05, 3.63) is 11.6 Å². The molecule has 0 aromatic rings. The maximum Gasteiger partial charge on any atom is 0.335 e. The number of ketones is 1. The molecular formula is C36H56O8. The molecule has 1 aliphatic heterocycles. The van der Waals surface area contributed by atoms with E-state index in [2.05, 4.69) is 54.5 Å². The largest absolute Gasteiger partial charge is 0.479 e. The molecule has 1 saturated heterocycles. The zero-order valence-corrected chi connectivity index (χ0v) is 27.8. The molecule has 44 heavy (non-hydrogen) atoms. The van der Waals surface area contributed by atoms with E-state index in [1.807, 2.05) is 0 Å². The number of Topliss-reactive ketones (excluding diaryl/α,β-unsaturated/α-hetero) is 1. The van der Waals surface area contributed by atoms with E-state index < -0.39 is 48.0 Å². The quantitative estimate of drug-likeness (QED) is 0.288. The van der Waals surface area contributed by atoms with Crippen LogP contribution in [-0.4, -0.2) is 73.9 Å². The monoisotopic (exact) mass is 616 g/mol. The van der Waals surface area contributed by atoms with Gasteiger partial charge in [0.1, 0.15) is 30.2 Å². The number of fused-ring (bicyclic) bond motifs is 7. The molecule has 0 spiro atoms. The molecule has 6 aliphatic rings. The standard InChI is InChI=1S/C36H56O8/c1-31(2)14-16-36(29(41)27-25(39)24(38)26(40)28(44-27)30(42)43)17-15-34(6)19(20(36)18-31)8-9-22-33(5)12-11-23(37)32(3,4)21(33)10-13-35(22,34)7/h8,20-22,24-29,38-41H,9-18H2,1-7H3,(H,42,43)/t20?,21?,22?,24?,25?,26-,27+,28?,29?,33-,34+,35+,36-/m0/s1. The lowest BCUT2D eigenvalue weighted by Crippen LogP contribution is -2.68. The minimum absolute atomic E-state index is 0.00995. The first-order chi connectivity index (χ1) is 20.3. The molecule has 0 aromatic heterocycles. The van der Waals surface area contributed by atoms with E-state index >= 15 is 0 Å². The fraction of sp³-hybridized carbons (Fsp3) is 0.889. The molecular weight excluding hydrogens is 560 g/mol. The summed E-state index contributed by atoms with van der Waals surface area (Å²) in [6, 6.07) is 0. The zero-order valence-electron chi connectivity index (χ0n) is 27.8. The third-order valence-corrected chi connectivity index (χ3v) is 15.2. The molecule has 13 atom stereocenters. The van der Waals surface area contributed by atoms with Gasteiger partial charge in [-0.25, -0.2) is 4.79 Å². The molecule has 8 nitrogen and oxygen atoms in total. The van der Waals surface area contributed by atoms with Crippen LogP contribution in [0.15, 0.2) is 11.6 Å². The number of aliphatic hydroxyl groups is 4. The van der Waals surface area contributed by atoms with Gasteiger partial charge in [-0.05, 0) is 97.2 Å². The van der Waals surface area contributed by atoms with Gasteiger partial charge in [-0.15, -0.1) is 0 Å². The van der Waals surface area contributed by atoms with Crippen molar-refractivity contribution in [3.63, 3.8) is 0 Å². The van der Waals surface area contributed by atoms with Crippen LogP contribution in [-0.2, 0) is 14.3 Å². The van der Waals surface area contributed by atoms with Gasteiger partial charge in [-0.1, -0.05) is 60.1 Å². The van der Waals surface area contributed by atoms with Crippen molar-refractivity contribution in [1.29, 1.82) is 0 Å². The fourth-order valence-corrected chi connectivity index (χ4v) is 12.3. The van der Waals surface area contributed by atoms with Gasteiger partial charge in [0, 0.05) is 17.3 Å². The van der Waals surface area contributed by atoms with Gasteiger partial charge < -0.3 is 30.3 Å². The number of allylic oxidation sites excluding steroid dienone is 2. The van der Waals surface area contributed by atoms with Crippen molar-refractivity contribution >= 4 is 11.8 Å². The summed E-state index contributed by atoms with van der Waals surface area (Å²) in [6.45, 7) is 16.3. The van der Waals surface area contributed by atoms with E-state index in [-0.39, 0.29) is 33.0 Å². The molecule has 1 heterocycles. The highest BCUT2D eigenvalue weighted by atomic mass is 16.6. The van der Waals surface area contributed by atoms with E-state index in [1.165, 1.54) is 5.57 Å². The first kappa shape index (κ1) is 32.6. The molecule has 0 aromatic carbocycles. The highest BCUT2D eigenvalue weighted by Crippen LogP contribution is 2.76. The Hall–Kier alpha value is -1.32. The number of ether oxygens (including phenoxy) is 1. The number of carboxylic acid groups (broad SMARTS) is 1. The summed E-state index contributed by atoms with van der Waals surface area (Å²) >= 11 is 0. The van der Waals surface area contributed by atoms with Crippen LogP contribution in [0.5, 0.6) is 0 Å². The highest BCUT2D eigenvalue weighted by molar-refractivity contribution is 5.85. The van der Waals surface area contributed by atoms with E-state index in [0.29, 0.717) is 36.9 Å². The van der Waals surface area contributed by atoms with Crippen LogP contribution in [0.4, 0.5) is 0 Å². The Morgan fingerprint density at radius 1 is 0.886 bits per heavy atom. The van der Waals surface area contributed by atoms with Gasteiger partial charge in [-0.3, -0.25) is 4.79 Å². The lowest BCUT2D eigenvalue weighted by atomic mass is 9.33. The van der Waals surface area contributed by atoms with Crippen molar-refractivity contribution in [2.75, 3.05) is 0 Å². The predicted molar refractivity (Wildman–Crippen MR) is 164 cm³/mol. The van der Waals surface area contributed by atoms with Crippen LogP contribution in [0, 0.1) is 50.2 Å². The van der Waals surface area contributed by atoms with Crippen molar-refractivity contribution in [2.45, 2.75) is 149 Å². The Balaban J connectivity index is 1.41. The predicted octanol–water partition coefficient (Wildman–Crippen LogP) is 4.65. The van der Waals surface area contributed by atoms with Crippen LogP contribution in [0.3, 0.4) is 0 Å². The van der Waals surface area contributed by atoms with Crippen molar-refractivity contribution in [1.82, 2.24) is 0 Å². The number of carboxylic acids is 1. The molecule has 8 heteroatoms. The maximum absolute atomic E-state index is 13.1. The average molecular weight is 617 g/mol. The second-order valence-electron chi connectivity index (χ2n) is 17.9. The van der Waals surface area contributed by atoms with Crippen molar-refractivity contribution in [3.8, 4) is 0 Å². The molecule has 0 bridgehead atoms. The second-order valence-corrected chi connectivity index (χ2v) is 17.9. The van der Waals surface area contributed by atoms with Gasteiger partial charge >= 0.3 is 5.97 Å². The summed E-state index contributed by atoms with van der Waals surface area (Å²) in [5.41, 5.74) is 0.441. The summed E-state index contributed by atoms with van der Waals surface area (Å²) < 4.78 is 5.76. The van der Waals surface area contributed by atoms with Crippen LogP contribution < -0.4 is 0 Å². The van der Waals surface area contributed by atoms with Crippen LogP contribution >= 0.6 is 0 Å². The highest BCUT2D eigenvalue weighted by Gasteiger charge is 2.70. The summed E-state index contributed by atoms with van der Waals surface area (Å²) in [5.74, 6) is -0.213. The minimum atomic E-state index is -1.78. The van der Waals surface area contributed by atoms with E-state index in [1.54, 1.807) is 0 Å². The summed E-state index contributed by atoms with van der Waals surface area (Å²) in [5, 5.41) is 54.0. The lowest BCUT2D eigenvalue weighted by Gasteiger charge is -2.71. The number of rotatable bonds is 3. The topological polar surface area (TPSA) is 145 Å². The normalized spacial score (nSPS) is 52.0. The SMILES string of the molecule is CC1(C)CC[C@]2(C(O)[C@@H]3OC(C(=O)O)[C@@H](O)C(O)C3O)CC[C@]3(C)C(=CCC4[C@@]5(C)CCC(=O)C(C)(C)C5CC[C@]43C)C2C1. The smallest absolute Gasteiger partial charge is 0.335 e. The number of aliphatic carboxylic acids is 1. The first-order valence-corrected chi connectivity index (χ1v) is 17.1. The maximum atomic E-state index is 13.1. The summed E-state index contributed by atoms with van der Waals surface area (Å²) in [4.78, 5) is 25.0. The molecule has 0 radical (unpaired) electrons. The van der Waals surface area contributed by atoms with E-state index in [0.717, 1.165) is 44.9 Å². The third kappa shape index (κ3) is 4.19. The van der Waals surface area contributed by atoms with Crippen molar-refractivity contribution in [2.24, 2.45) is 50.2 Å². The first-order valence-electron chi connectivity index (χ1n) is 17.1. The Labute approximate surface area is 262 Å².